The molecule has 0 bridgehead atoms. The Kier molecular flexibility index (Phi) is 2.84. The van der Waals surface area contributed by atoms with Gasteiger partial charge in [-0.25, -0.2) is 4.39 Å². The number of hydrogen-bond acceptors (Lipinski definition) is 1. The van der Waals surface area contributed by atoms with Gasteiger partial charge in [0.15, 0.2) is 0 Å². The highest BCUT2D eigenvalue weighted by Crippen LogP contribution is 2.34. The third-order valence-corrected chi connectivity index (χ3v) is 2.85. The molecule has 0 aliphatic rings. The maximum Gasteiger partial charge on any atom is 0.131 e. The van der Waals surface area contributed by atoms with Crippen LogP contribution in [0.2, 0.25) is 5.02 Å². The second-order valence-electron chi connectivity index (χ2n) is 3.60. The van der Waals surface area contributed by atoms with Crippen LogP contribution in [0.5, 0.6) is 5.75 Å². The van der Waals surface area contributed by atoms with E-state index in [4.69, 9.17) is 11.6 Å². The van der Waals surface area contributed by atoms with Gasteiger partial charge in [-0.3, -0.25) is 0 Å². The number of hydrogen-bond donors (Lipinski definition) is 1. The molecule has 0 fully saturated rings. The van der Waals surface area contributed by atoms with Crippen molar-refractivity contribution in [3.63, 3.8) is 0 Å². The van der Waals surface area contributed by atoms with Crippen molar-refractivity contribution in [2.45, 2.75) is 6.92 Å². The van der Waals surface area contributed by atoms with Crippen LogP contribution in [0.25, 0.3) is 11.1 Å². The van der Waals surface area contributed by atoms with Gasteiger partial charge >= 0.3 is 0 Å². The lowest BCUT2D eigenvalue weighted by Crippen LogP contribution is -1.86. The second kappa shape index (κ2) is 4.14. The first-order chi connectivity index (χ1) is 7.59. The van der Waals surface area contributed by atoms with Crippen molar-refractivity contribution in [2.75, 3.05) is 0 Å². The number of phenolic OH excluding ortho intramolecular Hbond substituents is 1. The fourth-order valence-corrected chi connectivity index (χ4v) is 1.73. The van der Waals surface area contributed by atoms with Gasteiger partial charge in [0.2, 0.25) is 0 Å². The van der Waals surface area contributed by atoms with Crippen molar-refractivity contribution in [1.29, 1.82) is 0 Å². The summed E-state index contributed by atoms with van der Waals surface area (Å²) in [5.41, 5.74) is 1.52. The monoisotopic (exact) mass is 236 g/mol. The predicted octanol–water partition coefficient (Wildman–Crippen LogP) is 4.16. The zero-order valence-corrected chi connectivity index (χ0v) is 9.42. The Morgan fingerprint density at radius 3 is 2.50 bits per heavy atom. The summed E-state index contributed by atoms with van der Waals surface area (Å²) in [6.45, 7) is 1.78. The van der Waals surface area contributed by atoms with Gasteiger partial charge in [0.1, 0.15) is 11.6 Å². The third-order valence-electron chi connectivity index (χ3n) is 2.44. The van der Waals surface area contributed by atoms with Gasteiger partial charge in [0.05, 0.1) is 0 Å². The van der Waals surface area contributed by atoms with E-state index in [-0.39, 0.29) is 11.6 Å². The lowest BCUT2D eigenvalue weighted by atomic mass is 10.0. The standard InChI is InChI=1S/C13H10ClFO/c1-8-6-13(16)10(7-11(8)14)9-4-2-3-5-12(9)15/h2-7,16H,1H3. The van der Waals surface area contributed by atoms with E-state index in [1.165, 1.54) is 12.1 Å². The summed E-state index contributed by atoms with van der Waals surface area (Å²) in [5, 5.41) is 10.3. The van der Waals surface area contributed by atoms with E-state index < -0.39 is 0 Å². The van der Waals surface area contributed by atoms with E-state index in [1.54, 1.807) is 31.2 Å². The van der Waals surface area contributed by atoms with Crippen LogP contribution in [0.4, 0.5) is 4.39 Å². The van der Waals surface area contributed by atoms with Crippen LogP contribution in [0.15, 0.2) is 36.4 Å². The van der Waals surface area contributed by atoms with Gasteiger partial charge in [0.25, 0.3) is 0 Å². The molecule has 16 heavy (non-hydrogen) atoms. The first-order valence-corrected chi connectivity index (χ1v) is 5.21. The quantitative estimate of drug-likeness (QED) is 0.788. The number of halogens is 2. The van der Waals surface area contributed by atoms with Gasteiger partial charge in [-0.1, -0.05) is 29.8 Å². The average Bonchev–Trinajstić information content (AvgIpc) is 2.25. The molecule has 0 radical (unpaired) electrons. The Morgan fingerprint density at radius 1 is 1.12 bits per heavy atom. The molecule has 0 amide bonds. The predicted molar refractivity (Wildman–Crippen MR) is 63.2 cm³/mol. The molecule has 0 unspecified atom stereocenters. The number of aromatic hydroxyl groups is 1. The Balaban J connectivity index is 2.65. The molecule has 1 nitrogen and oxygen atoms in total. The van der Waals surface area contributed by atoms with Gasteiger partial charge in [-0.05, 0) is 30.7 Å². The molecular formula is C13H10ClFO. The number of aryl methyl sites for hydroxylation is 1. The molecule has 0 aliphatic heterocycles. The normalized spacial score (nSPS) is 10.4. The summed E-state index contributed by atoms with van der Waals surface area (Å²) in [6.07, 6.45) is 0. The molecule has 0 atom stereocenters. The molecule has 0 spiro atoms. The average molecular weight is 237 g/mol. The molecule has 0 saturated carbocycles. The first-order valence-electron chi connectivity index (χ1n) is 4.83. The van der Waals surface area contributed by atoms with E-state index in [1.807, 2.05) is 0 Å². The Bertz CT molecular complexity index is 537. The highest BCUT2D eigenvalue weighted by Gasteiger charge is 2.10. The van der Waals surface area contributed by atoms with Crippen molar-refractivity contribution in [1.82, 2.24) is 0 Å². The van der Waals surface area contributed by atoms with Crippen molar-refractivity contribution < 1.29 is 9.50 Å². The Hall–Kier alpha value is -1.54. The fraction of sp³-hybridized carbons (Fsp3) is 0.0769. The van der Waals surface area contributed by atoms with E-state index in [2.05, 4.69) is 0 Å². The molecule has 0 aliphatic carbocycles. The molecule has 2 rings (SSSR count). The third kappa shape index (κ3) is 1.89. The van der Waals surface area contributed by atoms with E-state index >= 15 is 0 Å². The Morgan fingerprint density at radius 2 is 1.81 bits per heavy atom. The number of phenols is 1. The highest BCUT2D eigenvalue weighted by molar-refractivity contribution is 6.31. The minimum absolute atomic E-state index is 0.0343. The van der Waals surface area contributed by atoms with Crippen LogP contribution in [0.3, 0.4) is 0 Å². The van der Waals surface area contributed by atoms with Crippen LogP contribution in [0.1, 0.15) is 5.56 Å². The molecule has 82 valence electrons. The second-order valence-corrected chi connectivity index (χ2v) is 4.01. The van der Waals surface area contributed by atoms with Crippen LogP contribution in [0, 0.1) is 12.7 Å². The van der Waals surface area contributed by atoms with Crippen LogP contribution in [-0.2, 0) is 0 Å². The minimum Gasteiger partial charge on any atom is -0.507 e. The van der Waals surface area contributed by atoms with Crippen molar-refractivity contribution in [3.05, 3.63) is 52.8 Å². The zero-order valence-electron chi connectivity index (χ0n) is 8.67. The topological polar surface area (TPSA) is 20.2 Å². The SMILES string of the molecule is Cc1cc(O)c(-c2ccccc2F)cc1Cl. The summed E-state index contributed by atoms with van der Waals surface area (Å²) in [4.78, 5) is 0. The van der Waals surface area contributed by atoms with E-state index in [0.29, 0.717) is 16.1 Å². The molecule has 0 aromatic heterocycles. The summed E-state index contributed by atoms with van der Waals surface area (Å²) >= 11 is 5.95. The molecule has 1 N–H and O–H groups in total. The smallest absolute Gasteiger partial charge is 0.131 e. The lowest BCUT2D eigenvalue weighted by molar-refractivity contribution is 0.476. The van der Waals surface area contributed by atoms with Crippen molar-refractivity contribution in [3.8, 4) is 16.9 Å². The molecular weight excluding hydrogens is 227 g/mol. The number of benzene rings is 2. The van der Waals surface area contributed by atoms with Gasteiger partial charge in [0, 0.05) is 16.1 Å². The summed E-state index contributed by atoms with van der Waals surface area (Å²) in [6, 6.07) is 9.38. The molecule has 3 heteroatoms. The van der Waals surface area contributed by atoms with Gasteiger partial charge < -0.3 is 5.11 Å². The number of rotatable bonds is 1. The summed E-state index contributed by atoms with van der Waals surface area (Å²) in [5.74, 6) is -0.343. The Labute approximate surface area is 98.1 Å². The maximum atomic E-state index is 13.5. The van der Waals surface area contributed by atoms with Gasteiger partial charge in [-0.2, -0.15) is 0 Å². The minimum atomic E-state index is -0.377. The summed E-state index contributed by atoms with van der Waals surface area (Å²) < 4.78 is 13.5. The molecule has 0 saturated heterocycles. The molecule has 2 aromatic rings. The van der Waals surface area contributed by atoms with Crippen LogP contribution in [-0.4, -0.2) is 5.11 Å². The maximum absolute atomic E-state index is 13.5. The van der Waals surface area contributed by atoms with Crippen LogP contribution < -0.4 is 0 Å². The lowest BCUT2D eigenvalue weighted by Gasteiger charge is -2.08. The molecule has 2 aromatic carbocycles. The fourth-order valence-electron chi connectivity index (χ4n) is 1.56. The van der Waals surface area contributed by atoms with E-state index in [9.17, 15) is 9.50 Å². The van der Waals surface area contributed by atoms with Crippen molar-refractivity contribution >= 4 is 11.6 Å². The van der Waals surface area contributed by atoms with Crippen LogP contribution >= 0.6 is 11.6 Å². The van der Waals surface area contributed by atoms with E-state index in [0.717, 1.165) is 5.56 Å². The van der Waals surface area contributed by atoms with Gasteiger partial charge in [-0.15, -0.1) is 0 Å². The highest BCUT2D eigenvalue weighted by atomic mass is 35.5. The molecule has 0 heterocycles. The summed E-state index contributed by atoms with van der Waals surface area (Å²) in [7, 11) is 0. The largest absolute Gasteiger partial charge is 0.507 e. The zero-order chi connectivity index (χ0) is 11.7. The van der Waals surface area contributed by atoms with Crippen molar-refractivity contribution in [2.24, 2.45) is 0 Å². The first kappa shape index (κ1) is 11.0.